The number of hydrogen-bond acceptors (Lipinski definition) is 3. The summed E-state index contributed by atoms with van der Waals surface area (Å²) < 4.78 is 46.2. The molecule has 0 heterocycles. The van der Waals surface area contributed by atoms with Crippen LogP contribution in [0, 0.1) is 0 Å². The SMILES string of the molecule is C[C@H](CN(Cc1cccc(C(F)(F)F)c1Cl)[C@H](C)CCOc1cccc(CC(=O)O)c1)c1ccccc1.Cl. The number of carboxylic acids is 1. The van der Waals surface area contributed by atoms with Crippen molar-refractivity contribution in [1.82, 2.24) is 4.90 Å². The molecule has 2 atom stereocenters. The van der Waals surface area contributed by atoms with Crippen LogP contribution >= 0.6 is 24.0 Å². The van der Waals surface area contributed by atoms with Crippen LogP contribution in [0.1, 0.15) is 48.4 Å². The fraction of sp³-hybridized carbons (Fsp3) is 0.345. The second-order valence-electron chi connectivity index (χ2n) is 9.22. The van der Waals surface area contributed by atoms with Gasteiger partial charge in [0.25, 0.3) is 0 Å². The van der Waals surface area contributed by atoms with E-state index in [1.54, 1.807) is 30.3 Å². The van der Waals surface area contributed by atoms with Crippen molar-refractivity contribution in [2.45, 2.75) is 51.4 Å². The maximum absolute atomic E-state index is 13.4. The average Bonchev–Trinajstić information content (AvgIpc) is 2.84. The van der Waals surface area contributed by atoms with Crippen LogP contribution in [0.15, 0.2) is 72.8 Å². The van der Waals surface area contributed by atoms with Crippen molar-refractivity contribution in [3.05, 3.63) is 100 Å². The molecule has 0 aromatic heterocycles. The number of aliphatic carboxylic acids is 1. The Kier molecular flexibility index (Phi) is 11.9. The Morgan fingerprint density at radius 2 is 1.71 bits per heavy atom. The lowest BCUT2D eigenvalue weighted by molar-refractivity contribution is -0.138. The van der Waals surface area contributed by atoms with Gasteiger partial charge in [-0.2, -0.15) is 13.2 Å². The van der Waals surface area contributed by atoms with Gasteiger partial charge in [-0.25, -0.2) is 0 Å². The van der Waals surface area contributed by atoms with Gasteiger partial charge in [0.15, 0.2) is 0 Å². The molecule has 1 N–H and O–H groups in total. The summed E-state index contributed by atoms with van der Waals surface area (Å²) in [5.41, 5.74) is 1.38. The molecule has 206 valence electrons. The molecule has 0 saturated carbocycles. The molecule has 0 radical (unpaired) electrons. The summed E-state index contributed by atoms with van der Waals surface area (Å²) in [6.45, 7) is 5.35. The van der Waals surface area contributed by atoms with Gasteiger partial charge in [0.05, 0.1) is 23.6 Å². The number of alkyl halides is 3. The normalized spacial score (nSPS) is 13.0. The van der Waals surface area contributed by atoms with Crippen LogP contribution < -0.4 is 4.74 Å². The van der Waals surface area contributed by atoms with Crippen molar-refractivity contribution in [2.24, 2.45) is 0 Å². The maximum Gasteiger partial charge on any atom is 0.417 e. The predicted molar refractivity (Wildman–Crippen MR) is 146 cm³/mol. The molecule has 0 aliphatic rings. The second-order valence-corrected chi connectivity index (χ2v) is 9.60. The maximum atomic E-state index is 13.4. The summed E-state index contributed by atoms with van der Waals surface area (Å²) in [5, 5.41) is 8.73. The summed E-state index contributed by atoms with van der Waals surface area (Å²) in [6.07, 6.45) is -4.00. The van der Waals surface area contributed by atoms with Gasteiger partial charge < -0.3 is 9.84 Å². The van der Waals surface area contributed by atoms with Crippen LogP contribution in [0.25, 0.3) is 0 Å². The first-order valence-corrected chi connectivity index (χ1v) is 12.5. The Labute approximate surface area is 232 Å². The van der Waals surface area contributed by atoms with Gasteiger partial charge in [-0.1, -0.05) is 73.1 Å². The van der Waals surface area contributed by atoms with Gasteiger partial charge in [-0.3, -0.25) is 9.69 Å². The van der Waals surface area contributed by atoms with Gasteiger partial charge in [-0.15, -0.1) is 12.4 Å². The summed E-state index contributed by atoms with van der Waals surface area (Å²) in [5.74, 6) is -0.194. The quantitative estimate of drug-likeness (QED) is 0.241. The van der Waals surface area contributed by atoms with Gasteiger partial charge in [0.1, 0.15) is 5.75 Å². The van der Waals surface area contributed by atoms with E-state index in [-0.39, 0.29) is 42.4 Å². The van der Waals surface area contributed by atoms with E-state index in [1.807, 2.05) is 37.3 Å². The zero-order valence-corrected chi connectivity index (χ0v) is 22.8. The van der Waals surface area contributed by atoms with Gasteiger partial charge in [0, 0.05) is 19.1 Å². The zero-order chi connectivity index (χ0) is 27.0. The average molecular weight is 570 g/mol. The van der Waals surface area contributed by atoms with Crippen LogP contribution in [-0.4, -0.2) is 35.2 Å². The van der Waals surface area contributed by atoms with Crippen LogP contribution in [0.3, 0.4) is 0 Å². The number of carboxylic acid groups (broad SMARTS) is 1. The number of nitrogens with zero attached hydrogens (tertiary/aromatic N) is 1. The summed E-state index contributed by atoms with van der Waals surface area (Å²) in [6, 6.07) is 20.9. The number of benzene rings is 3. The fourth-order valence-electron chi connectivity index (χ4n) is 4.23. The summed E-state index contributed by atoms with van der Waals surface area (Å²) in [4.78, 5) is 13.1. The van der Waals surface area contributed by atoms with E-state index in [9.17, 15) is 18.0 Å². The van der Waals surface area contributed by atoms with Gasteiger partial charge in [0.2, 0.25) is 0 Å². The standard InChI is InChI=1S/C29H31ClF3NO3.ClH/c1-20(23-9-4-3-5-10-23)18-34(19-24-11-7-13-26(28(24)30)29(31,32)33)21(2)14-15-37-25-12-6-8-22(16-25)17-27(35)36;/h3-13,16,20-21H,14-15,17-19H2,1-2H3,(H,35,36);1H/t20-,21-;/m1./s1. The van der Waals surface area contributed by atoms with E-state index in [0.29, 0.717) is 36.4 Å². The predicted octanol–water partition coefficient (Wildman–Crippen LogP) is 7.87. The minimum atomic E-state index is -4.52. The number of halogens is 5. The lowest BCUT2D eigenvalue weighted by atomic mass is 9.99. The monoisotopic (exact) mass is 569 g/mol. The Bertz CT molecular complexity index is 1180. The Morgan fingerprint density at radius 1 is 1.03 bits per heavy atom. The molecule has 38 heavy (non-hydrogen) atoms. The molecule has 3 aromatic rings. The van der Waals surface area contributed by atoms with Crippen molar-refractivity contribution in [3.63, 3.8) is 0 Å². The third-order valence-electron chi connectivity index (χ3n) is 6.32. The number of carbonyl (C=O) groups is 1. The highest BCUT2D eigenvalue weighted by atomic mass is 35.5. The molecule has 4 nitrogen and oxygen atoms in total. The number of rotatable bonds is 12. The van der Waals surface area contributed by atoms with Crippen molar-refractivity contribution < 1.29 is 27.8 Å². The molecule has 0 aliphatic heterocycles. The third kappa shape index (κ3) is 9.22. The first kappa shape index (κ1) is 31.5. The van der Waals surface area contributed by atoms with Crippen molar-refractivity contribution in [1.29, 1.82) is 0 Å². The molecule has 0 bridgehead atoms. The summed E-state index contributed by atoms with van der Waals surface area (Å²) >= 11 is 6.22. The topological polar surface area (TPSA) is 49.8 Å². The molecule has 3 aromatic carbocycles. The minimum Gasteiger partial charge on any atom is -0.494 e. The molecule has 3 rings (SSSR count). The fourth-order valence-corrected chi connectivity index (χ4v) is 4.52. The third-order valence-corrected chi connectivity index (χ3v) is 6.76. The largest absolute Gasteiger partial charge is 0.494 e. The molecule has 0 spiro atoms. The van der Waals surface area contributed by atoms with E-state index in [0.717, 1.165) is 11.6 Å². The van der Waals surface area contributed by atoms with Crippen LogP contribution in [0.2, 0.25) is 5.02 Å². The molecule has 0 saturated heterocycles. The van der Waals surface area contributed by atoms with E-state index < -0.39 is 17.7 Å². The van der Waals surface area contributed by atoms with Crippen LogP contribution in [-0.2, 0) is 23.9 Å². The molecular weight excluding hydrogens is 538 g/mol. The van der Waals surface area contributed by atoms with E-state index in [1.165, 1.54) is 6.07 Å². The first-order valence-electron chi connectivity index (χ1n) is 12.1. The lowest BCUT2D eigenvalue weighted by Crippen LogP contribution is -2.36. The Morgan fingerprint density at radius 3 is 2.37 bits per heavy atom. The molecule has 0 unspecified atom stereocenters. The highest BCUT2D eigenvalue weighted by molar-refractivity contribution is 6.32. The van der Waals surface area contributed by atoms with Gasteiger partial charge >= 0.3 is 12.1 Å². The van der Waals surface area contributed by atoms with E-state index >= 15 is 0 Å². The van der Waals surface area contributed by atoms with Gasteiger partial charge in [-0.05, 0) is 54.2 Å². The highest BCUT2D eigenvalue weighted by Gasteiger charge is 2.34. The first-order chi connectivity index (χ1) is 17.5. The van der Waals surface area contributed by atoms with Crippen molar-refractivity contribution in [3.8, 4) is 5.75 Å². The summed E-state index contributed by atoms with van der Waals surface area (Å²) in [7, 11) is 0. The molecule has 9 heteroatoms. The molecule has 0 amide bonds. The minimum absolute atomic E-state index is 0. The number of hydrogen-bond donors (Lipinski definition) is 1. The smallest absolute Gasteiger partial charge is 0.417 e. The second kappa shape index (κ2) is 14.4. The van der Waals surface area contributed by atoms with E-state index in [4.69, 9.17) is 21.4 Å². The highest BCUT2D eigenvalue weighted by Crippen LogP contribution is 2.37. The van der Waals surface area contributed by atoms with Crippen molar-refractivity contribution >= 4 is 30.0 Å². The lowest BCUT2D eigenvalue weighted by Gasteiger charge is -2.32. The van der Waals surface area contributed by atoms with Crippen LogP contribution in [0.5, 0.6) is 5.75 Å². The van der Waals surface area contributed by atoms with Crippen molar-refractivity contribution in [2.75, 3.05) is 13.2 Å². The molecule has 0 aliphatic carbocycles. The molecule has 0 fully saturated rings. The van der Waals surface area contributed by atoms with Crippen LogP contribution in [0.4, 0.5) is 13.2 Å². The van der Waals surface area contributed by atoms with E-state index in [2.05, 4.69) is 11.8 Å². The Balaban J connectivity index is 0.00000507. The number of ether oxygens (including phenoxy) is 1. The Hall–Kier alpha value is -2.74. The molecular formula is C29H32Cl2F3NO3. The zero-order valence-electron chi connectivity index (χ0n) is 21.2.